The lowest BCUT2D eigenvalue weighted by molar-refractivity contribution is -0.0484. The molecule has 0 spiro atoms. The van der Waals surface area contributed by atoms with E-state index in [2.05, 4.69) is 20.8 Å². The fraction of sp³-hybridized carbons (Fsp3) is 0.514. The zero-order valence-corrected chi connectivity index (χ0v) is 29.6. The van der Waals surface area contributed by atoms with Crippen LogP contribution in [-0.2, 0) is 11.8 Å². The van der Waals surface area contributed by atoms with Crippen LogP contribution in [0.25, 0.3) is 43.0 Å². The van der Waals surface area contributed by atoms with Gasteiger partial charge in [-0.05, 0) is 44.4 Å². The Morgan fingerprint density at radius 2 is 1.90 bits per heavy atom. The molecular weight excluding hydrogens is 692 g/mol. The number of ether oxygens (including phenoxy) is 2. The Kier molecular flexibility index (Phi) is 7.41. The lowest BCUT2D eigenvalue weighted by atomic mass is 9.94. The van der Waals surface area contributed by atoms with Gasteiger partial charge in [-0.3, -0.25) is 14.5 Å². The smallest absolute Gasteiger partial charge is 0.319 e. The second kappa shape index (κ2) is 11.9. The summed E-state index contributed by atoms with van der Waals surface area (Å²) in [7, 11) is 1.74. The van der Waals surface area contributed by atoms with Crippen molar-refractivity contribution in [3.8, 4) is 23.2 Å². The summed E-state index contributed by atoms with van der Waals surface area (Å²) in [6, 6.07) is 5.20. The normalized spacial score (nSPS) is 26.5. The molecule has 270 valence electrons. The molecule has 2 N–H and O–H groups in total. The molecular formula is C37H38F3N9O2S. The van der Waals surface area contributed by atoms with Crippen molar-refractivity contribution < 1.29 is 22.6 Å². The molecule has 4 atom stereocenters. The zero-order chi connectivity index (χ0) is 35.5. The molecule has 2 bridgehead atoms. The summed E-state index contributed by atoms with van der Waals surface area (Å²) < 4.78 is 62.5. The van der Waals surface area contributed by atoms with Crippen LogP contribution in [0, 0.1) is 28.9 Å². The Morgan fingerprint density at radius 3 is 2.65 bits per heavy atom. The van der Waals surface area contributed by atoms with Crippen molar-refractivity contribution >= 4 is 54.0 Å². The number of benzene rings is 2. The highest BCUT2D eigenvalue weighted by atomic mass is 32.1. The van der Waals surface area contributed by atoms with E-state index in [-0.39, 0.29) is 62.8 Å². The van der Waals surface area contributed by atoms with Crippen LogP contribution in [0.2, 0.25) is 0 Å². The lowest BCUT2D eigenvalue weighted by Crippen LogP contribution is -2.56. The molecule has 2 aromatic carbocycles. The number of nitriles is 1. The largest absolute Gasteiger partial charge is 0.461 e. The van der Waals surface area contributed by atoms with E-state index in [1.165, 1.54) is 6.07 Å². The van der Waals surface area contributed by atoms with Crippen LogP contribution in [0.4, 0.5) is 24.0 Å². The van der Waals surface area contributed by atoms with Gasteiger partial charge in [-0.15, -0.1) is 11.3 Å². The van der Waals surface area contributed by atoms with Crippen LogP contribution < -0.4 is 15.4 Å². The average molecular weight is 730 g/mol. The molecule has 0 amide bonds. The first-order valence-electron chi connectivity index (χ1n) is 18.1. The van der Waals surface area contributed by atoms with Crippen LogP contribution >= 0.6 is 11.3 Å². The van der Waals surface area contributed by atoms with E-state index < -0.39 is 23.3 Å². The highest BCUT2D eigenvalue weighted by molar-refractivity contribution is 7.23. The van der Waals surface area contributed by atoms with E-state index in [9.17, 15) is 9.65 Å². The first-order chi connectivity index (χ1) is 25.2. The number of aryl methyl sites for hydroxylation is 1. The molecule has 5 saturated heterocycles. The molecule has 5 aromatic rings. The van der Waals surface area contributed by atoms with E-state index >= 15 is 8.78 Å². The fourth-order valence-corrected chi connectivity index (χ4v) is 10.8. The summed E-state index contributed by atoms with van der Waals surface area (Å²) in [5.74, 6) is -0.385. The number of anilines is 2. The standard InChI is InChI=1S/C37H38F3N9O2S/c1-46-15-24-28-33(31(40)30(32(24)45-46)29-25(39)5-6-26-27(29)23(10-41)34(42)52-26)43-36(51-18-37-7-2-8-48(37)12-20(38)9-37)44-35(28)49-21-3-4-22(49)14-47(13-21)11-19-16-50-17-19/h5-6,15,19-22H,2-4,7-9,11-14,16-18,42H2,1H3/t20-,21?,22?,37+/m1/s1. The molecule has 0 aliphatic carbocycles. The molecule has 5 fully saturated rings. The molecule has 3 aromatic heterocycles. The minimum absolute atomic E-state index is 0.00346. The fourth-order valence-electron chi connectivity index (χ4n) is 9.82. The Balaban J connectivity index is 1.18. The third kappa shape index (κ3) is 4.83. The molecule has 52 heavy (non-hydrogen) atoms. The SMILES string of the molecule is Cn1cc2c(n1)c(-c1c(F)ccc3sc(N)c(C#N)c13)c(F)c1nc(OC[C@@]34CCCN3C[C@H](F)C4)nc(N3C4CCC3CN(CC3COC3)C4)c12. The van der Waals surface area contributed by atoms with Gasteiger partial charge in [0.15, 0.2) is 5.82 Å². The Morgan fingerprint density at radius 1 is 1.10 bits per heavy atom. The van der Waals surface area contributed by atoms with E-state index in [4.69, 9.17) is 30.3 Å². The lowest BCUT2D eigenvalue weighted by Gasteiger charge is -2.44. The van der Waals surface area contributed by atoms with Crippen molar-refractivity contribution in [1.82, 2.24) is 29.5 Å². The molecule has 0 saturated carbocycles. The van der Waals surface area contributed by atoms with E-state index in [0.29, 0.717) is 40.2 Å². The number of fused-ring (bicyclic) bond motifs is 7. The molecule has 2 unspecified atom stereocenters. The molecule has 10 rings (SSSR count). The van der Waals surface area contributed by atoms with Crippen LogP contribution in [-0.4, -0.2) is 106 Å². The number of hydrogen-bond donors (Lipinski definition) is 1. The maximum Gasteiger partial charge on any atom is 0.319 e. The summed E-state index contributed by atoms with van der Waals surface area (Å²) in [6.07, 6.45) is 4.90. The van der Waals surface area contributed by atoms with Crippen LogP contribution in [0.1, 0.15) is 37.7 Å². The van der Waals surface area contributed by atoms with Gasteiger partial charge in [0.05, 0.1) is 35.3 Å². The second-order valence-corrected chi connectivity index (χ2v) is 16.4. The quantitative estimate of drug-likeness (QED) is 0.234. The van der Waals surface area contributed by atoms with Crippen molar-refractivity contribution in [3.05, 3.63) is 35.5 Å². The monoisotopic (exact) mass is 729 g/mol. The predicted octanol–water partition coefficient (Wildman–Crippen LogP) is 5.38. The van der Waals surface area contributed by atoms with Gasteiger partial charge < -0.3 is 20.1 Å². The number of hydrogen-bond acceptors (Lipinski definition) is 11. The highest BCUT2D eigenvalue weighted by Gasteiger charge is 2.50. The molecule has 5 aliphatic heterocycles. The molecule has 8 heterocycles. The van der Waals surface area contributed by atoms with Gasteiger partial charge in [0.1, 0.15) is 46.5 Å². The van der Waals surface area contributed by atoms with E-state index in [0.717, 1.165) is 76.4 Å². The van der Waals surface area contributed by atoms with E-state index in [1.54, 1.807) is 24.0 Å². The minimum Gasteiger partial charge on any atom is -0.461 e. The molecule has 15 heteroatoms. The first-order valence-corrected chi connectivity index (χ1v) is 18.9. The number of aromatic nitrogens is 4. The van der Waals surface area contributed by atoms with Crippen LogP contribution in [0.5, 0.6) is 6.01 Å². The predicted molar refractivity (Wildman–Crippen MR) is 192 cm³/mol. The first kappa shape index (κ1) is 32.4. The zero-order valence-electron chi connectivity index (χ0n) is 28.7. The van der Waals surface area contributed by atoms with Gasteiger partial charge in [-0.25, -0.2) is 13.2 Å². The number of alkyl halides is 1. The van der Waals surface area contributed by atoms with Crippen molar-refractivity contribution in [1.29, 1.82) is 5.26 Å². The number of nitrogens with two attached hydrogens (primary N) is 1. The number of piperazine rings is 1. The third-order valence-corrected chi connectivity index (χ3v) is 13.1. The second-order valence-electron chi connectivity index (χ2n) is 15.3. The van der Waals surface area contributed by atoms with Crippen molar-refractivity contribution in [3.63, 3.8) is 0 Å². The highest BCUT2D eigenvalue weighted by Crippen LogP contribution is 2.48. The Bertz CT molecular complexity index is 2310. The van der Waals surface area contributed by atoms with Crippen molar-refractivity contribution in [2.75, 3.05) is 63.2 Å². The van der Waals surface area contributed by atoms with Gasteiger partial charge in [0.2, 0.25) is 0 Å². The number of halogens is 3. The summed E-state index contributed by atoms with van der Waals surface area (Å²) in [5.41, 5.74) is 5.90. The Hall–Kier alpha value is -4.23. The summed E-state index contributed by atoms with van der Waals surface area (Å²) in [5, 5.41) is 16.3. The van der Waals surface area contributed by atoms with Gasteiger partial charge in [0, 0.05) is 84.9 Å². The van der Waals surface area contributed by atoms with Crippen LogP contribution in [0.15, 0.2) is 18.3 Å². The van der Waals surface area contributed by atoms with Crippen LogP contribution in [0.3, 0.4) is 0 Å². The molecule has 11 nitrogen and oxygen atoms in total. The van der Waals surface area contributed by atoms with Crippen molar-refractivity contribution in [2.45, 2.75) is 55.9 Å². The average Bonchev–Trinajstić information content (AvgIpc) is 3.88. The molecule has 5 aliphatic rings. The summed E-state index contributed by atoms with van der Waals surface area (Å²) in [6.45, 7) is 5.60. The number of nitrogen functional groups attached to an aromatic ring is 1. The number of nitrogens with zero attached hydrogens (tertiary/aromatic N) is 8. The van der Waals surface area contributed by atoms with Gasteiger partial charge in [-0.1, -0.05) is 0 Å². The summed E-state index contributed by atoms with van der Waals surface area (Å²) >= 11 is 1.15. The van der Waals surface area contributed by atoms with Crippen molar-refractivity contribution in [2.24, 2.45) is 13.0 Å². The van der Waals surface area contributed by atoms with Gasteiger partial charge >= 0.3 is 6.01 Å². The molecule has 0 radical (unpaired) electrons. The third-order valence-electron chi connectivity index (χ3n) is 12.1. The maximum atomic E-state index is 17.7. The number of likely N-dealkylation sites (tertiary alicyclic amines) is 1. The topological polar surface area (TPSA) is 122 Å². The number of rotatable bonds is 7. The summed E-state index contributed by atoms with van der Waals surface area (Å²) in [4.78, 5) is 16.8. The van der Waals surface area contributed by atoms with Gasteiger partial charge in [-0.2, -0.15) is 20.3 Å². The Labute approximate surface area is 301 Å². The van der Waals surface area contributed by atoms with E-state index in [1.807, 2.05) is 0 Å². The minimum atomic E-state index is -0.934. The number of thiophene rings is 1. The van der Waals surface area contributed by atoms with Gasteiger partial charge in [0.25, 0.3) is 0 Å². The maximum absolute atomic E-state index is 17.7.